The van der Waals surface area contributed by atoms with E-state index < -0.39 is 0 Å². The van der Waals surface area contributed by atoms with Crippen molar-refractivity contribution < 1.29 is 4.42 Å². The smallest absolute Gasteiger partial charge is 0.227 e. The highest BCUT2D eigenvalue weighted by Gasteiger charge is 2.21. The lowest BCUT2D eigenvalue weighted by Gasteiger charge is -2.28. The summed E-state index contributed by atoms with van der Waals surface area (Å²) in [6.07, 6.45) is 1.93. The molecule has 3 heterocycles. The van der Waals surface area contributed by atoms with Crippen molar-refractivity contribution in [2.24, 2.45) is 0 Å². The number of hydrogen-bond acceptors (Lipinski definition) is 3. The second-order valence-corrected chi connectivity index (χ2v) is 12.1. The summed E-state index contributed by atoms with van der Waals surface area (Å²) in [5.74, 6) is 0. The number of para-hydroxylation sites is 3. The summed E-state index contributed by atoms with van der Waals surface area (Å²) in [6, 6.07) is 56.2. The van der Waals surface area contributed by atoms with Crippen molar-refractivity contribution in [3.8, 4) is 5.69 Å². The van der Waals surface area contributed by atoms with Crippen LogP contribution >= 0.6 is 0 Å². The van der Waals surface area contributed by atoms with Crippen molar-refractivity contribution in [2.45, 2.75) is 0 Å². The van der Waals surface area contributed by atoms with E-state index in [9.17, 15) is 0 Å². The molecule has 7 aromatic carbocycles. The highest BCUT2D eigenvalue weighted by atomic mass is 16.3. The Balaban J connectivity index is 1.30. The van der Waals surface area contributed by atoms with E-state index in [-0.39, 0.29) is 0 Å². The third-order valence-electron chi connectivity index (χ3n) is 9.37. The van der Waals surface area contributed by atoms with Crippen molar-refractivity contribution in [3.05, 3.63) is 164 Å². The summed E-state index contributed by atoms with van der Waals surface area (Å²) in [7, 11) is 0. The molecule has 47 heavy (non-hydrogen) atoms. The molecule has 4 nitrogen and oxygen atoms in total. The Morgan fingerprint density at radius 2 is 1.11 bits per heavy atom. The second kappa shape index (κ2) is 10.1. The van der Waals surface area contributed by atoms with Crippen LogP contribution in [0.15, 0.2) is 168 Å². The molecule has 0 aliphatic carbocycles. The minimum Gasteiger partial charge on any atom is -0.438 e. The topological polar surface area (TPSA) is 34.2 Å². The lowest BCUT2D eigenvalue weighted by atomic mass is 10.0. The molecule has 0 saturated carbocycles. The van der Waals surface area contributed by atoms with Gasteiger partial charge < -0.3 is 13.9 Å². The highest BCUT2D eigenvalue weighted by Crippen LogP contribution is 2.43. The van der Waals surface area contributed by atoms with Crippen molar-refractivity contribution >= 4 is 82.5 Å². The van der Waals surface area contributed by atoms with Crippen LogP contribution in [0.25, 0.3) is 71.1 Å². The largest absolute Gasteiger partial charge is 0.438 e. The molecule has 0 radical (unpaired) electrons. The van der Waals surface area contributed by atoms with E-state index in [1.807, 2.05) is 24.4 Å². The summed E-state index contributed by atoms with van der Waals surface area (Å²) in [6.45, 7) is 0. The fraction of sp³-hybridized carbons (Fsp3) is 0. The highest BCUT2D eigenvalue weighted by molar-refractivity contribution is 6.11. The number of nitrogens with zero attached hydrogens (tertiary/aromatic N) is 3. The van der Waals surface area contributed by atoms with Crippen LogP contribution in [0.2, 0.25) is 0 Å². The molecule has 220 valence electrons. The van der Waals surface area contributed by atoms with Crippen LogP contribution < -0.4 is 4.90 Å². The average Bonchev–Trinajstić information content (AvgIpc) is 3.67. The SMILES string of the molecule is c1ccc2cc(N(c3cnc4oc5ccccc5c4c3)c3cc(-n4c5ccccc5c5ccccc54)cc4ccccc34)ccc2c1. The summed E-state index contributed by atoms with van der Waals surface area (Å²) in [5.41, 5.74) is 8.03. The van der Waals surface area contributed by atoms with Gasteiger partial charge in [0.1, 0.15) is 5.58 Å². The molecule has 10 rings (SSSR count). The van der Waals surface area contributed by atoms with Gasteiger partial charge in [0.2, 0.25) is 5.71 Å². The van der Waals surface area contributed by atoms with Crippen molar-refractivity contribution in [1.29, 1.82) is 0 Å². The van der Waals surface area contributed by atoms with Crippen LogP contribution in [-0.4, -0.2) is 9.55 Å². The minimum absolute atomic E-state index is 0.636. The fourth-order valence-electron chi connectivity index (χ4n) is 7.25. The summed E-state index contributed by atoms with van der Waals surface area (Å²) >= 11 is 0. The van der Waals surface area contributed by atoms with Gasteiger partial charge >= 0.3 is 0 Å². The van der Waals surface area contributed by atoms with Crippen molar-refractivity contribution in [3.63, 3.8) is 0 Å². The Hall–Kier alpha value is -6.39. The Kier molecular flexibility index (Phi) is 5.54. The fourth-order valence-corrected chi connectivity index (χ4v) is 7.25. The summed E-state index contributed by atoms with van der Waals surface area (Å²) < 4.78 is 8.54. The maximum Gasteiger partial charge on any atom is 0.227 e. The first kappa shape index (κ1) is 25.9. The van der Waals surface area contributed by atoms with Gasteiger partial charge in [-0.3, -0.25) is 0 Å². The molecule has 0 amide bonds. The van der Waals surface area contributed by atoms with Gasteiger partial charge in [0.05, 0.1) is 34.0 Å². The molecule has 0 fully saturated rings. The lowest BCUT2D eigenvalue weighted by molar-refractivity contribution is 0.654. The molecule has 10 aromatic rings. The monoisotopic (exact) mass is 601 g/mol. The van der Waals surface area contributed by atoms with Gasteiger partial charge in [-0.2, -0.15) is 0 Å². The number of aromatic nitrogens is 2. The number of anilines is 3. The molecule has 4 heteroatoms. The summed E-state index contributed by atoms with van der Waals surface area (Å²) in [4.78, 5) is 7.22. The number of benzene rings is 7. The first-order valence-corrected chi connectivity index (χ1v) is 15.9. The van der Waals surface area contributed by atoms with E-state index in [0.29, 0.717) is 5.71 Å². The van der Waals surface area contributed by atoms with Gasteiger partial charge in [0.15, 0.2) is 0 Å². The predicted octanol–water partition coefficient (Wildman–Crippen LogP) is 11.9. The minimum atomic E-state index is 0.636. The third kappa shape index (κ3) is 3.98. The Morgan fingerprint density at radius 3 is 1.89 bits per heavy atom. The maximum atomic E-state index is 6.14. The van der Waals surface area contributed by atoms with E-state index in [4.69, 9.17) is 9.40 Å². The number of pyridine rings is 1. The zero-order valence-corrected chi connectivity index (χ0v) is 25.3. The maximum absolute atomic E-state index is 6.14. The number of rotatable bonds is 4. The average molecular weight is 602 g/mol. The summed E-state index contributed by atoms with van der Waals surface area (Å²) in [5, 5.41) is 9.23. The van der Waals surface area contributed by atoms with E-state index in [1.54, 1.807) is 0 Å². The molecule has 0 unspecified atom stereocenters. The number of hydrogen-bond donors (Lipinski definition) is 0. The molecule has 0 N–H and O–H groups in total. The molecule has 0 aliphatic rings. The van der Waals surface area contributed by atoms with Crippen LogP contribution in [0.3, 0.4) is 0 Å². The van der Waals surface area contributed by atoms with Gasteiger partial charge in [0.25, 0.3) is 0 Å². The third-order valence-corrected chi connectivity index (χ3v) is 9.37. The van der Waals surface area contributed by atoms with Crippen LogP contribution in [0.1, 0.15) is 0 Å². The predicted molar refractivity (Wildman–Crippen MR) is 196 cm³/mol. The normalized spacial score (nSPS) is 11.8. The standard InChI is InChI=1S/C43H27N3O/c1-2-12-29-23-31(22-21-28(29)11-1)45(33-25-38-37-17-7-10-20-42(37)47-43(38)44-27-33)41-26-32(24-30-13-3-4-14-34(30)41)46-39-18-8-5-15-35(39)36-16-6-9-19-40(36)46/h1-27H. The van der Waals surface area contributed by atoms with E-state index >= 15 is 0 Å². The van der Waals surface area contributed by atoms with Gasteiger partial charge in [-0.15, -0.1) is 0 Å². The Morgan fingerprint density at radius 1 is 0.468 bits per heavy atom. The zero-order chi connectivity index (χ0) is 30.9. The number of furan rings is 1. The molecular weight excluding hydrogens is 574 g/mol. The van der Waals surface area contributed by atoms with Gasteiger partial charge in [-0.1, -0.05) is 109 Å². The molecular formula is C43H27N3O. The van der Waals surface area contributed by atoms with Gasteiger partial charge in [0, 0.05) is 32.9 Å². The lowest BCUT2D eigenvalue weighted by Crippen LogP contribution is -2.11. The zero-order valence-electron chi connectivity index (χ0n) is 25.3. The van der Waals surface area contributed by atoms with Crippen LogP contribution in [0.4, 0.5) is 17.1 Å². The molecule has 0 bridgehead atoms. The van der Waals surface area contributed by atoms with Gasteiger partial charge in [-0.05, 0) is 64.7 Å². The van der Waals surface area contributed by atoms with Gasteiger partial charge in [-0.25, -0.2) is 4.98 Å². The Bertz CT molecular complexity index is 2770. The van der Waals surface area contributed by atoms with Crippen LogP contribution in [-0.2, 0) is 0 Å². The van der Waals surface area contributed by atoms with Crippen LogP contribution in [0, 0.1) is 0 Å². The quantitative estimate of drug-likeness (QED) is 0.201. The second-order valence-electron chi connectivity index (χ2n) is 12.1. The molecule has 0 saturated heterocycles. The first-order chi connectivity index (χ1) is 23.3. The van der Waals surface area contributed by atoms with E-state index in [1.165, 1.54) is 32.6 Å². The van der Waals surface area contributed by atoms with Crippen molar-refractivity contribution in [1.82, 2.24) is 9.55 Å². The first-order valence-electron chi connectivity index (χ1n) is 15.9. The molecule has 0 aliphatic heterocycles. The molecule has 0 atom stereocenters. The van der Waals surface area contributed by atoms with Crippen LogP contribution in [0.5, 0.6) is 0 Å². The van der Waals surface area contributed by atoms with E-state index in [2.05, 4.69) is 149 Å². The molecule has 0 spiro atoms. The van der Waals surface area contributed by atoms with Crippen molar-refractivity contribution in [2.75, 3.05) is 4.90 Å². The Labute approximate surface area is 270 Å². The number of fused-ring (bicyclic) bond motifs is 8. The molecule has 3 aromatic heterocycles. The van der Waals surface area contributed by atoms with E-state index in [0.717, 1.165) is 49.9 Å².